The molecule has 2 aliphatic carbocycles. The second-order valence-electron chi connectivity index (χ2n) is 16.8. The summed E-state index contributed by atoms with van der Waals surface area (Å²) in [5, 5.41) is 9.47. The van der Waals surface area contributed by atoms with Gasteiger partial charge in [-0.05, 0) is 103 Å². The van der Waals surface area contributed by atoms with Gasteiger partial charge in [-0.3, -0.25) is 4.57 Å². The van der Waals surface area contributed by atoms with E-state index in [2.05, 4.69) is 199 Å². The van der Waals surface area contributed by atoms with Crippen molar-refractivity contribution < 1.29 is 4.42 Å². The molecule has 0 amide bonds. The largest absolute Gasteiger partial charge is 0.456 e. The first kappa shape index (κ1) is 33.7. The third-order valence-corrected chi connectivity index (χ3v) is 13.5. The fourth-order valence-corrected chi connectivity index (χ4v) is 10.7. The Labute approximate surface area is 356 Å². The molecule has 2 aliphatic rings. The van der Waals surface area contributed by atoms with Gasteiger partial charge in [-0.1, -0.05) is 158 Å². The van der Waals surface area contributed by atoms with Crippen molar-refractivity contribution >= 4 is 71.4 Å². The molecule has 4 nitrogen and oxygen atoms in total. The number of allylic oxidation sites excluding steroid dienone is 1. The normalized spacial score (nSPS) is 14.2. The molecule has 0 saturated heterocycles. The topological polar surface area (TPSA) is 43.9 Å². The highest BCUT2D eigenvalue weighted by Crippen LogP contribution is 2.51. The van der Waals surface area contributed by atoms with Crippen molar-refractivity contribution in [1.82, 2.24) is 14.5 Å². The molecular formula is C58H35N3O. The van der Waals surface area contributed by atoms with Gasteiger partial charge < -0.3 is 4.42 Å². The first-order valence-electron chi connectivity index (χ1n) is 21.4. The number of rotatable bonds is 4. The number of para-hydroxylation sites is 1. The van der Waals surface area contributed by atoms with Crippen LogP contribution >= 0.6 is 0 Å². The fraction of sp³-hybridized carbons (Fsp3) is 0.0345. The third kappa shape index (κ3) is 4.77. The summed E-state index contributed by atoms with van der Waals surface area (Å²) in [5.41, 5.74) is 17.1. The van der Waals surface area contributed by atoms with Crippen LogP contribution < -0.4 is 0 Å². The van der Waals surface area contributed by atoms with Gasteiger partial charge in [-0.2, -0.15) is 0 Å². The second-order valence-corrected chi connectivity index (χ2v) is 16.8. The fourth-order valence-electron chi connectivity index (χ4n) is 10.7. The summed E-state index contributed by atoms with van der Waals surface area (Å²) in [6.07, 6.45) is 5.54. The number of hydrogen-bond donors (Lipinski definition) is 0. The third-order valence-electron chi connectivity index (χ3n) is 13.5. The Morgan fingerprint density at radius 2 is 1.21 bits per heavy atom. The molecule has 12 aromatic rings. The van der Waals surface area contributed by atoms with Crippen molar-refractivity contribution in [2.24, 2.45) is 0 Å². The van der Waals surface area contributed by atoms with Crippen LogP contribution in [0.3, 0.4) is 0 Å². The van der Waals surface area contributed by atoms with Gasteiger partial charge in [0.25, 0.3) is 0 Å². The zero-order chi connectivity index (χ0) is 40.5. The van der Waals surface area contributed by atoms with Crippen LogP contribution in [0, 0.1) is 0 Å². The molecule has 0 saturated carbocycles. The molecule has 4 heteroatoms. The molecule has 288 valence electrons. The van der Waals surface area contributed by atoms with E-state index in [4.69, 9.17) is 14.4 Å². The van der Waals surface area contributed by atoms with Crippen molar-refractivity contribution in [3.63, 3.8) is 0 Å². The molecule has 1 unspecified atom stereocenters. The Morgan fingerprint density at radius 1 is 0.484 bits per heavy atom. The van der Waals surface area contributed by atoms with Crippen LogP contribution in [-0.4, -0.2) is 14.5 Å². The van der Waals surface area contributed by atoms with E-state index in [9.17, 15) is 0 Å². The van der Waals surface area contributed by atoms with Gasteiger partial charge in [0.1, 0.15) is 11.2 Å². The van der Waals surface area contributed by atoms with Crippen LogP contribution in [0.15, 0.2) is 192 Å². The van der Waals surface area contributed by atoms with Gasteiger partial charge in [-0.25, -0.2) is 9.97 Å². The molecular weight excluding hydrogens is 755 g/mol. The lowest BCUT2D eigenvalue weighted by Gasteiger charge is -2.20. The van der Waals surface area contributed by atoms with E-state index in [0.717, 1.165) is 61.7 Å². The highest BCUT2D eigenvalue weighted by atomic mass is 16.3. The molecule has 0 radical (unpaired) electrons. The number of fused-ring (bicyclic) bond motifs is 13. The average Bonchev–Trinajstić information content (AvgIpc) is 3.99. The molecule has 0 bridgehead atoms. The van der Waals surface area contributed by atoms with E-state index >= 15 is 0 Å². The van der Waals surface area contributed by atoms with Crippen molar-refractivity contribution in [1.29, 1.82) is 0 Å². The average molecular weight is 790 g/mol. The van der Waals surface area contributed by atoms with Crippen LogP contribution in [0.2, 0.25) is 0 Å². The summed E-state index contributed by atoms with van der Waals surface area (Å²) >= 11 is 0. The zero-order valence-electron chi connectivity index (χ0n) is 33.5. The molecule has 9 aromatic carbocycles. The molecule has 14 rings (SSSR count). The number of hydrogen-bond acceptors (Lipinski definition) is 3. The monoisotopic (exact) mass is 789 g/mol. The van der Waals surface area contributed by atoms with Gasteiger partial charge in [-0.15, -0.1) is 0 Å². The Morgan fingerprint density at radius 3 is 2.10 bits per heavy atom. The summed E-state index contributed by atoms with van der Waals surface area (Å²) in [6, 6.07) is 65.5. The van der Waals surface area contributed by atoms with E-state index in [0.29, 0.717) is 5.95 Å². The number of aromatic nitrogens is 3. The maximum absolute atomic E-state index is 6.64. The van der Waals surface area contributed by atoms with Crippen molar-refractivity contribution in [2.75, 3.05) is 0 Å². The summed E-state index contributed by atoms with van der Waals surface area (Å²) in [6.45, 7) is 0. The van der Waals surface area contributed by atoms with Crippen LogP contribution in [0.5, 0.6) is 0 Å². The van der Waals surface area contributed by atoms with E-state index in [1.807, 2.05) is 0 Å². The SMILES string of the molecule is C1=CC(c2ccc3oc4cc5c6c(cccc6c4c3c2)-c2ccccc2-5)Cc2c1n(-c1nc(-c3ccc(-c4ccccc4)cc3)c3ccc4ccccc4c3n1)c1ccccc21. The van der Waals surface area contributed by atoms with E-state index in [1.165, 1.54) is 71.4 Å². The van der Waals surface area contributed by atoms with Crippen LogP contribution in [0.25, 0.3) is 122 Å². The molecule has 62 heavy (non-hydrogen) atoms. The lowest BCUT2D eigenvalue weighted by Crippen LogP contribution is -2.09. The summed E-state index contributed by atoms with van der Waals surface area (Å²) in [5.74, 6) is 0.852. The summed E-state index contributed by atoms with van der Waals surface area (Å²) in [4.78, 5) is 10.9. The highest BCUT2D eigenvalue weighted by molar-refractivity contribution is 6.28. The number of furan rings is 1. The first-order chi connectivity index (χ1) is 30.7. The van der Waals surface area contributed by atoms with Gasteiger partial charge in [0.15, 0.2) is 0 Å². The van der Waals surface area contributed by atoms with Gasteiger partial charge >= 0.3 is 0 Å². The predicted molar refractivity (Wildman–Crippen MR) is 256 cm³/mol. The van der Waals surface area contributed by atoms with Crippen LogP contribution in [0.1, 0.15) is 22.7 Å². The predicted octanol–water partition coefficient (Wildman–Crippen LogP) is 15.1. The Balaban J connectivity index is 0.919. The Bertz CT molecular complexity index is 3890. The second kappa shape index (κ2) is 12.7. The number of benzene rings is 9. The molecule has 3 aromatic heterocycles. The van der Waals surface area contributed by atoms with Gasteiger partial charge in [0.05, 0.1) is 22.4 Å². The van der Waals surface area contributed by atoms with Crippen molar-refractivity contribution in [3.05, 3.63) is 205 Å². The summed E-state index contributed by atoms with van der Waals surface area (Å²) < 4.78 is 8.93. The lowest BCUT2D eigenvalue weighted by molar-refractivity contribution is 0.669. The molecule has 0 aliphatic heterocycles. The van der Waals surface area contributed by atoms with E-state index in [1.54, 1.807) is 0 Å². The van der Waals surface area contributed by atoms with E-state index < -0.39 is 0 Å². The van der Waals surface area contributed by atoms with Gasteiger partial charge in [0.2, 0.25) is 5.95 Å². The maximum atomic E-state index is 6.64. The smallest absolute Gasteiger partial charge is 0.235 e. The maximum Gasteiger partial charge on any atom is 0.235 e. The Hall–Kier alpha value is -8.08. The van der Waals surface area contributed by atoms with Crippen LogP contribution in [-0.2, 0) is 6.42 Å². The Kier molecular flexibility index (Phi) is 6.92. The molecule has 0 spiro atoms. The van der Waals surface area contributed by atoms with E-state index in [-0.39, 0.29) is 5.92 Å². The minimum absolute atomic E-state index is 0.178. The molecule has 1 atom stereocenters. The van der Waals surface area contributed by atoms with Crippen LogP contribution in [0.4, 0.5) is 0 Å². The zero-order valence-corrected chi connectivity index (χ0v) is 33.5. The van der Waals surface area contributed by atoms with Crippen molar-refractivity contribution in [2.45, 2.75) is 12.3 Å². The standard InChI is InChI=1S/C58H35N3O/c1-2-11-34(12-3-1)35-21-23-37(24-22-35)56-46-28-25-36-13-4-5-14-40(36)57(46)60-58(59-56)61-50-20-9-8-17-43(50)47-31-38(26-29-51(47)61)39-27-30-52-49(32-39)55-45-19-10-18-44-41-15-6-7-16-42(41)48(54(44)45)33-53(55)62-52/h1-30,32-33,38H,31H2. The number of nitrogens with zero attached hydrogens (tertiary/aromatic N) is 3. The quantitative estimate of drug-likeness (QED) is 0.167. The first-order valence-corrected chi connectivity index (χ1v) is 21.4. The lowest BCUT2D eigenvalue weighted by atomic mass is 9.86. The molecule has 0 fully saturated rings. The summed E-state index contributed by atoms with van der Waals surface area (Å²) in [7, 11) is 0. The minimum atomic E-state index is 0.178. The highest BCUT2D eigenvalue weighted by Gasteiger charge is 2.28. The van der Waals surface area contributed by atoms with Crippen molar-refractivity contribution in [3.8, 4) is 50.6 Å². The van der Waals surface area contributed by atoms with Gasteiger partial charge in [0, 0.05) is 38.4 Å². The minimum Gasteiger partial charge on any atom is -0.456 e. The molecule has 3 heterocycles. The molecule has 0 N–H and O–H groups in total.